The van der Waals surface area contributed by atoms with Crippen LogP contribution in [0.15, 0.2) is 23.0 Å². The van der Waals surface area contributed by atoms with E-state index in [-0.39, 0.29) is 18.2 Å². The zero-order valence-electron chi connectivity index (χ0n) is 9.39. The Morgan fingerprint density at radius 1 is 1.53 bits per heavy atom. The highest BCUT2D eigenvalue weighted by Crippen LogP contribution is 2.32. The number of aryl methyl sites for hydroxylation is 1. The summed E-state index contributed by atoms with van der Waals surface area (Å²) >= 11 is 0. The number of furan rings is 1. The highest BCUT2D eigenvalue weighted by Gasteiger charge is 2.37. The summed E-state index contributed by atoms with van der Waals surface area (Å²) in [6, 6.07) is 1.08. The number of amides is 1. The molecule has 2 N–H and O–H groups in total. The van der Waals surface area contributed by atoms with Crippen LogP contribution in [0.3, 0.4) is 0 Å². The van der Waals surface area contributed by atoms with Gasteiger partial charge in [-0.3, -0.25) is 4.79 Å². The average molecular weight is 237 g/mol. The van der Waals surface area contributed by atoms with Crippen LogP contribution in [0.1, 0.15) is 24.8 Å². The van der Waals surface area contributed by atoms with Crippen LogP contribution in [0.25, 0.3) is 0 Å². The number of nitrogens with one attached hydrogen (secondary N) is 1. The van der Waals surface area contributed by atoms with Crippen molar-refractivity contribution >= 4 is 11.9 Å². The summed E-state index contributed by atoms with van der Waals surface area (Å²) in [5, 5.41) is 11.5. The number of rotatable bonds is 6. The first-order chi connectivity index (χ1) is 8.16. The summed E-state index contributed by atoms with van der Waals surface area (Å²) in [6.07, 6.45) is 5.77. The van der Waals surface area contributed by atoms with E-state index < -0.39 is 12.0 Å². The molecule has 1 saturated carbocycles. The Balaban J connectivity index is 1.77. The van der Waals surface area contributed by atoms with Crippen molar-refractivity contribution in [2.75, 3.05) is 0 Å². The maximum absolute atomic E-state index is 11.6. The van der Waals surface area contributed by atoms with Gasteiger partial charge < -0.3 is 14.8 Å². The molecule has 1 amide bonds. The van der Waals surface area contributed by atoms with Crippen molar-refractivity contribution in [2.45, 2.75) is 31.7 Å². The van der Waals surface area contributed by atoms with Crippen LogP contribution in [0.2, 0.25) is 0 Å². The lowest BCUT2D eigenvalue weighted by atomic mass is 10.1. The molecule has 1 atom stereocenters. The van der Waals surface area contributed by atoms with Crippen LogP contribution in [-0.4, -0.2) is 23.0 Å². The topological polar surface area (TPSA) is 79.5 Å². The first-order valence-electron chi connectivity index (χ1n) is 5.70. The van der Waals surface area contributed by atoms with Gasteiger partial charge in [-0.25, -0.2) is 4.79 Å². The average Bonchev–Trinajstić information content (AvgIpc) is 2.99. The lowest BCUT2D eigenvalue weighted by Crippen LogP contribution is -2.42. The molecule has 17 heavy (non-hydrogen) atoms. The molecule has 1 fully saturated rings. The molecule has 0 aromatic carbocycles. The number of carboxylic acid groups (broad SMARTS) is 1. The van der Waals surface area contributed by atoms with Crippen LogP contribution in [0, 0.1) is 5.92 Å². The van der Waals surface area contributed by atoms with E-state index in [0.717, 1.165) is 18.4 Å². The molecule has 1 aliphatic carbocycles. The minimum atomic E-state index is -0.941. The van der Waals surface area contributed by atoms with E-state index in [2.05, 4.69) is 5.32 Å². The predicted octanol–water partition coefficient (Wildman–Crippen LogP) is 1.19. The SMILES string of the molecule is O=C(CCc1ccoc1)NC(C(=O)O)C1CC1. The zero-order valence-corrected chi connectivity index (χ0v) is 9.39. The molecule has 0 saturated heterocycles. The minimum Gasteiger partial charge on any atom is -0.480 e. The second kappa shape index (κ2) is 5.03. The standard InChI is InChI=1S/C12H15NO4/c14-10(4-1-8-5-6-17-7-8)13-11(12(15)16)9-2-3-9/h5-7,9,11H,1-4H2,(H,13,14)(H,15,16). The fraction of sp³-hybridized carbons (Fsp3) is 0.500. The molecule has 0 spiro atoms. The molecule has 1 unspecified atom stereocenters. The quantitative estimate of drug-likeness (QED) is 0.778. The number of carbonyl (C=O) groups is 2. The lowest BCUT2D eigenvalue weighted by Gasteiger charge is -2.13. The first kappa shape index (κ1) is 11.7. The van der Waals surface area contributed by atoms with Gasteiger partial charge in [0.2, 0.25) is 5.91 Å². The maximum atomic E-state index is 11.6. The second-order valence-electron chi connectivity index (χ2n) is 4.35. The van der Waals surface area contributed by atoms with Gasteiger partial charge in [0.1, 0.15) is 6.04 Å². The third-order valence-electron chi connectivity index (χ3n) is 2.90. The number of carboxylic acids is 1. The monoisotopic (exact) mass is 237 g/mol. The third kappa shape index (κ3) is 3.34. The molecule has 0 bridgehead atoms. The molecular formula is C12H15NO4. The van der Waals surface area contributed by atoms with Crippen LogP contribution in [0.5, 0.6) is 0 Å². The van der Waals surface area contributed by atoms with Gasteiger partial charge in [0.05, 0.1) is 12.5 Å². The van der Waals surface area contributed by atoms with E-state index in [4.69, 9.17) is 9.52 Å². The van der Waals surface area contributed by atoms with Crippen molar-refractivity contribution in [3.8, 4) is 0 Å². The van der Waals surface area contributed by atoms with Crippen LogP contribution in [-0.2, 0) is 16.0 Å². The molecule has 1 aliphatic rings. The summed E-state index contributed by atoms with van der Waals surface area (Å²) in [5.41, 5.74) is 0.943. The van der Waals surface area contributed by atoms with Gasteiger partial charge >= 0.3 is 5.97 Å². The minimum absolute atomic E-state index is 0.116. The molecule has 5 heteroatoms. The predicted molar refractivity (Wildman–Crippen MR) is 59.3 cm³/mol. The van der Waals surface area contributed by atoms with E-state index in [1.807, 2.05) is 0 Å². The van der Waals surface area contributed by atoms with Crippen molar-refractivity contribution in [2.24, 2.45) is 5.92 Å². The van der Waals surface area contributed by atoms with Crippen molar-refractivity contribution in [3.63, 3.8) is 0 Å². The number of aliphatic carboxylic acids is 1. The summed E-state index contributed by atoms with van der Waals surface area (Å²) in [5.74, 6) is -1.04. The fourth-order valence-electron chi connectivity index (χ4n) is 1.75. The molecule has 5 nitrogen and oxygen atoms in total. The Bertz CT molecular complexity index is 395. The molecule has 1 aromatic rings. The maximum Gasteiger partial charge on any atom is 0.326 e. The van der Waals surface area contributed by atoms with Crippen molar-refractivity contribution in [3.05, 3.63) is 24.2 Å². The molecule has 1 heterocycles. The molecule has 1 aromatic heterocycles. The Morgan fingerprint density at radius 3 is 2.82 bits per heavy atom. The molecule has 0 radical (unpaired) electrons. The second-order valence-corrected chi connectivity index (χ2v) is 4.35. The summed E-state index contributed by atoms with van der Waals surface area (Å²) in [7, 11) is 0. The van der Waals surface area contributed by atoms with Gasteiger partial charge in [-0.2, -0.15) is 0 Å². The molecular weight excluding hydrogens is 222 g/mol. The largest absolute Gasteiger partial charge is 0.480 e. The number of carbonyl (C=O) groups excluding carboxylic acids is 1. The van der Waals surface area contributed by atoms with Crippen molar-refractivity contribution in [1.29, 1.82) is 0 Å². The smallest absolute Gasteiger partial charge is 0.326 e. The van der Waals surface area contributed by atoms with Crippen molar-refractivity contribution in [1.82, 2.24) is 5.32 Å². The number of hydrogen-bond acceptors (Lipinski definition) is 3. The lowest BCUT2D eigenvalue weighted by molar-refractivity contribution is -0.142. The van der Waals surface area contributed by atoms with Crippen LogP contribution >= 0.6 is 0 Å². The van der Waals surface area contributed by atoms with E-state index >= 15 is 0 Å². The fourth-order valence-corrected chi connectivity index (χ4v) is 1.75. The van der Waals surface area contributed by atoms with Gasteiger partial charge in [0.25, 0.3) is 0 Å². The molecule has 0 aliphatic heterocycles. The van der Waals surface area contributed by atoms with E-state index in [1.165, 1.54) is 0 Å². The Morgan fingerprint density at radius 2 is 2.29 bits per heavy atom. The zero-order chi connectivity index (χ0) is 12.3. The summed E-state index contributed by atoms with van der Waals surface area (Å²) in [4.78, 5) is 22.5. The van der Waals surface area contributed by atoms with Gasteiger partial charge in [-0.1, -0.05) is 0 Å². The molecule has 2 rings (SSSR count). The van der Waals surface area contributed by atoms with E-state index in [1.54, 1.807) is 18.6 Å². The van der Waals surface area contributed by atoms with Crippen LogP contribution in [0.4, 0.5) is 0 Å². The van der Waals surface area contributed by atoms with Gasteiger partial charge in [0.15, 0.2) is 0 Å². The Hall–Kier alpha value is -1.78. The highest BCUT2D eigenvalue weighted by atomic mass is 16.4. The third-order valence-corrected chi connectivity index (χ3v) is 2.90. The van der Waals surface area contributed by atoms with Crippen molar-refractivity contribution < 1.29 is 19.1 Å². The Kier molecular flexibility index (Phi) is 3.46. The van der Waals surface area contributed by atoms with Gasteiger partial charge in [-0.05, 0) is 36.8 Å². The summed E-state index contributed by atoms with van der Waals surface area (Å²) < 4.78 is 4.89. The first-order valence-corrected chi connectivity index (χ1v) is 5.70. The summed E-state index contributed by atoms with van der Waals surface area (Å²) in [6.45, 7) is 0. The van der Waals surface area contributed by atoms with Gasteiger partial charge in [0, 0.05) is 6.42 Å². The Labute approximate surface area is 98.8 Å². The van der Waals surface area contributed by atoms with E-state index in [9.17, 15) is 9.59 Å². The van der Waals surface area contributed by atoms with E-state index in [0.29, 0.717) is 6.42 Å². The van der Waals surface area contributed by atoms with Crippen LogP contribution < -0.4 is 5.32 Å². The normalized spacial score (nSPS) is 16.5. The highest BCUT2D eigenvalue weighted by molar-refractivity contribution is 5.84. The van der Waals surface area contributed by atoms with Gasteiger partial charge in [-0.15, -0.1) is 0 Å². The molecule has 92 valence electrons. The number of hydrogen-bond donors (Lipinski definition) is 2.